The lowest BCUT2D eigenvalue weighted by Crippen LogP contribution is -2.13. The Morgan fingerprint density at radius 1 is 1.08 bits per heavy atom. The number of nitrogens with one attached hydrogen (secondary N) is 1. The van der Waals surface area contributed by atoms with Crippen molar-refractivity contribution in [1.82, 2.24) is 14.8 Å². The summed E-state index contributed by atoms with van der Waals surface area (Å²) in [6, 6.07) is 17.5. The molecule has 0 fully saturated rings. The van der Waals surface area contributed by atoms with Crippen molar-refractivity contribution < 1.29 is 4.79 Å². The van der Waals surface area contributed by atoms with Gasteiger partial charge in [0, 0.05) is 29.0 Å². The molecule has 0 radical (unpaired) electrons. The molecule has 2 aromatic heterocycles. The van der Waals surface area contributed by atoms with E-state index in [0.717, 1.165) is 27.5 Å². The summed E-state index contributed by atoms with van der Waals surface area (Å²) in [5, 5.41) is 10.2. The average molecular weight is 360 g/mol. The Kier molecular flexibility index (Phi) is 4.57. The lowest BCUT2D eigenvalue weighted by molar-refractivity contribution is -0.115. The fourth-order valence-electron chi connectivity index (χ4n) is 2.63. The van der Waals surface area contributed by atoms with Gasteiger partial charge in [-0.3, -0.25) is 4.79 Å². The van der Waals surface area contributed by atoms with E-state index in [0.29, 0.717) is 0 Å². The minimum absolute atomic E-state index is 0.0698. The zero-order valence-corrected chi connectivity index (χ0v) is 14.7. The van der Waals surface area contributed by atoms with Gasteiger partial charge in [0.25, 0.3) is 0 Å². The quantitative estimate of drug-likeness (QED) is 0.581. The van der Waals surface area contributed by atoms with Crippen molar-refractivity contribution >= 4 is 22.9 Å². The SMILES string of the molecule is O=C(Cc1cnn(-c2ccccc2)c1)Nc1ccc(-c2nccs2)cc1. The maximum atomic E-state index is 12.3. The van der Waals surface area contributed by atoms with Crippen LogP contribution in [0.25, 0.3) is 16.3 Å². The van der Waals surface area contributed by atoms with Crippen LogP contribution in [0, 0.1) is 0 Å². The molecule has 0 aliphatic heterocycles. The second-order valence-corrected chi connectivity index (χ2v) is 6.66. The summed E-state index contributed by atoms with van der Waals surface area (Å²) in [5.41, 5.74) is 3.65. The van der Waals surface area contributed by atoms with E-state index in [2.05, 4.69) is 15.4 Å². The van der Waals surface area contributed by atoms with Crippen LogP contribution in [-0.4, -0.2) is 20.7 Å². The molecular formula is C20H16N4OS. The van der Waals surface area contributed by atoms with E-state index in [-0.39, 0.29) is 12.3 Å². The van der Waals surface area contributed by atoms with Crippen LogP contribution in [0.2, 0.25) is 0 Å². The number of thiazole rings is 1. The molecule has 0 saturated heterocycles. The van der Waals surface area contributed by atoms with Crippen LogP contribution in [0.1, 0.15) is 5.56 Å². The summed E-state index contributed by atoms with van der Waals surface area (Å²) < 4.78 is 1.77. The molecule has 0 unspecified atom stereocenters. The van der Waals surface area contributed by atoms with Crippen molar-refractivity contribution in [2.45, 2.75) is 6.42 Å². The highest BCUT2D eigenvalue weighted by molar-refractivity contribution is 7.13. The zero-order chi connectivity index (χ0) is 17.8. The molecular weight excluding hydrogens is 344 g/mol. The zero-order valence-electron chi connectivity index (χ0n) is 13.9. The first-order valence-corrected chi connectivity index (χ1v) is 9.05. The molecule has 0 saturated carbocycles. The summed E-state index contributed by atoms with van der Waals surface area (Å²) in [7, 11) is 0. The molecule has 0 atom stereocenters. The van der Waals surface area contributed by atoms with Gasteiger partial charge in [-0.05, 0) is 42.0 Å². The predicted molar refractivity (Wildman–Crippen MR) is 103 cm³/mol. The summed E-state index contributed by atoms with van der Waals surface area (Å²) >= 11 is 1.59. The van der Waals surface area contributed by atoms with E-state index in [1.165, 1.54) is 0 Å². The van der Waals surface area contributed by atoms with Crippen LogP contribution in [0.15, 0.2) is 78.6 Å². The fraction of sp³-hybridized carbons (Fsp3) is 0.0500. The molecule has 2 aromatic carbocycles. The van der Waals surface area contributed by atoms with Gasteiger partial charge in [0.2, 0.25) is 5.91 Å². The average Bonchev–Trinajstić information content (AvgIpc) is 3.35. The van der Waals surface area contributed by atoms with Gasteiger partial charge in [-0.2, -0.15) is 5.10 Å². The topological polar surface area (TPSA) is 59.8 Å². The van der Waals surface area contributed by atoms with Gasteiger partial charge < -0.3 is 5.32 Å². The smallest absolute Gasteiger partial charge is 0.228 e. The van der Waals surface area contributed by atoms with Crippen molar-refractivity contribution in [1.29, 1.82) is 0 Å². The van der Waals surface area contributed by atoms with Crippen LogP contribution >= 0.6 is 11.3 Å². The van der Waals surface area contributed by atoms with Gasteiger partial charge in [-0.15, -0.1) is 11.3 Å². The Morgan fingerprint density at radius 2 is 1.88 bits per heavy atom. The molecule has 128 valence electrons. The number of rotatable bonds is 5. The van der Waals surface area contributed by atoms with Crippen LogP contribution in [-0.2, 0) is 11.2 Å². The first-order chi connectivity index (χ1) is 12.8. The first kappa shape index (κ1) is 16.2. The highest BCUT2D eigenvalue weighted by Crippen LogP contribution is 2.23. The number of benzene rings is 2. The maximum absolute atomic E-state index is 12.3. The molecule has 4 rings (SSSR count). The predicted octanol–water partition coefficient (Wildman–Crippen LogP) is 4.18. The minimum atomic E-state index is -0.0698. The number of hydrogen-bond donors (Lipinski definition) is 1. The van der Waals surface area contributed by atoms with E-state index < -0.39 is 0 Å². The molecule has 5 nitrogen and oxygen atoms in total. The van der Waals surface area contributed by atoms with Crippen molar-refractivity contribution in [2.24, 2.45) is 0 Å². The van der Waals surface area contributed by atoms with Crippen molar-refractivity contribution in [2.75, 3.05) is 5.32 Å². The molecule has 0 spiro atoms. The molecule has 2 heterocycles. The van der Waals surface area contributed by atoms with Gasteiger partial charge in [-0.25, -0.2) is 9.67 Å². The minimum Gasteiger partial charge on any atom is -0.326 e. The van der Waals surface area contributed by atoms with Crippen molar-refractivity contribution in [3.05, 3.63) is 84.1 Å². The van der Waals surface area contributed by atoms with E-state index in [9.17, 15) is 4.79 Å². The monoisotopic (exact) mass is 360 g/mol. The number of hydrogen-bond acceptors (Lipinski definition) is 4. The molecule has 0 aliphatic carbocycles. The normalized spacial score (nSPS) is 10.6. The van der Waals surface area contributed by atoms with Gasteiger partial charge in [0.1, 0.15) is 5.01 Å². The molecule has 1 amide bonds. The number of nitrogens with zero attached hydrogens (tertiary/aromatic N) is 3. The number of amides is 1. The Bertz CT molecular complexity index is 992. The van der Waals surface area contributed by atoms with E-state index in [1.54, 1.807) is 28.4 Å². The van der Waals surface area contributed by atoms with Crippen LogP contribution in [0.4, 0.5) is 5.69 Å². The maximum Gasteiger partial charge on any atom is 0.228 e. The fourth-order valence-corrected chi connectivity index (χ4v) is 3.27. The second kappa shape index (κ2) is 7.33. The molecule has 6 heteroatoms. The highest BCUT2D eigenvalue weighted by Gasteiger charge is 2.08. The van der Waals surface area contributed by atoms with Gasteiger partial charge in [-0.1, -0.05) is 18.2 Å². The highest BCUT2D eigenvalue weighted by atomic mass is 32.1. The molecule has 0 bridgehead atoms. The Hall–Kier alpha value is -3.25. The van der Waals surface area contributed by atoms with Crippen LogP contribution in [0.5, 0.6) is 0 Å². The van der Waals surface area contributed by atoms with E-state index >= 15 is 0 Å². The third kappa shape index (κ3) is 3.70. The number of carbonyl (C=O) groups is 1. The Morgan fingerprint density at radius 3 is 2.62 bits per heavy atom. The standard InChI is InChI=1S/C20H16N4OS/c25-19(12-15-13-22-24(14-15)18-4-2-1-3-5-18)23-17-8-6-16(7-9-17)20-21-10-11-26-20/h1-11,13-14H,12H2,(H,23,25). The largest absolute Gasteiger partial charge is 0.326 e. The third-order valence-corrected chi connectivity index (χ3v) is 4.69. The molecule has 26 heavy (non-hydrogen) atoms. The summed E-state index contributed by atoms with van der Waals surface area (Å²) in [4.78, 5) is 16.6. The summed E-state index contributed by atoms with van der Waals surface area (Å²) in [6.45, 7) is 0. The summed E-state index contributed by atoms with van der Waals surface area (Å²) in [6.07, 6.45) is 5.66. The Balaban J connectivity index is 1.39. The molecule has 0 aliphatic rings. The third-order valence-electron chi connectivity index (χ3n) is 3.87. The van der Waals surface area contributed by atoms with Crippen LogP contribution in [0.3, 0.4) is 0 Å². The number of carbonyl (C=O) groups excluding carboxylic acids is 1. The lowest BCUT2D eigenvalue weighted by Gasteiger charge is -2.05. The van der Waals surface area contributed by atoms with Gasteiger partial charge in [0.15, 0.2) is 0 Å². The van der Waals surface area contributed by atoms with Gasteiger partial charge >= 0.3 is 0 Å². The Labute approximate surface area is 155 Å². The van der Waals surface area contributed by atoms with E-state index in [4.69, 9.17) is 0 Å². The number of para-hydroxylation sites is 1. The van der Waals surface area contributed by atoms with Gasteiger partial charge in [0.05, 0.1) is 18.3 Å². The number of anilines is 1. The first-order valence-electron chi connectivity index (χ1n) is 8.17. The summed E-state index contributed by atoms with van der Waals surface area (Å²) in [5.74, 6) is -0.0698. The van der Waals surface area contributed by atoms with E-state index in [1.807, 2.05) is 66.2 Å². The van der Waals surface area contributed by atoms with Crippen molar-refractivity contribution in [3.63, 3.8) is 0 Å². The number of aromatic nitrogens is 3. The van der Waals surface area contributed by atoms with Crippen molar-refractivity contribution in [3.8, 4) is 16.3 Å². The second-order valence-electron chi connectivity index (χ2n) is 5.77. The molecule has 4 aromatic rings. The molecule has 1 N–H and O–H groups in total. The lowest BCUT2D eigenvalue weighted by atomic mass is 10.2. The van der Waals surface area contributed by atoms with Crippen LogP contribution < -0.4 is 5.32 Å².